The smallest absolute Gasteiger partial charge is 0.315 e. The molecule has 1 saturated carbocycles. The van der Waals surface area contributed by atoms with E-state index < -0.39 is 0 Å². The number of nitrogen functional groups attached to an aromatic ring is 1. The number of carbonyl (C=O) groups is 1. The summed E-state index contributed by atoms with van der Waals surface area (Å²) in [7, 11) is 0. The molecule has 5 N–H and O–H groups in total. The zero-order valence-corrected chi connectivity index (χ0v) is 9.57. The third-order valence-corrected chi connectivity index (χ3v) is 2.98. The molecular formula is C12H17N3O2. The first-order valence-corrected chi connectivity index (χ1v) is 5.77. The molecule has 1 fully saturated rings. The van der Waals surface area contributed by atoms with Gasteiger partial charge in [-0.2, -0.15) is 0 Å². The molecular weight excluding hydrogens is 218 g/mol. The van der Waals surface area contributed by atoms with Crippen molar-refractivity contribution in [3.05, 3.63) is 23.8 Å². The normalized spacial score (nSPS) is 15.1. The summed E-state index contributed by atoms with van der Waals surface area (Å²) in [4.78, 5) is 11.5. The number of nitrogens with two attached hydrogens (primary N) is 1. The summed E-state index contributed by atoms with van der Waals surface area (Å²) in [6, 6.07) is 4.91. The maximum atomic E-state index is 11.5. The maximum absolute atomic E-state index is 11.5. The Bertz CT molecular complexity index is 416. The van der Waals surface area contributed by atoms with Gasteiger partial charge >= 0.3 is 6.03 Å². The number of aromatic hydroxyl groups is 1. The van der Waals surface area contributed by atoms with E-state index in [1.807, 2.05) is 0 Å². The molecule has 2 rings (SSSR count). The van der Waals surface area contributed by atoms with E-state index in [4.69, 9.17) is 5.73 Å². The second-order valence-corrected chi connectivity index (χ2v) is 4.34. The molecule has 1 aromatic rings. The van der Waals surface area contributed by atoms with Crippen LogP contribution in [0, 0.1) is 0 Å². The average molecular weight is 235 g/mol. The van der Waals surface area contributed by atoms with Crippen LogP contribution in [0.5, 0.6) is 5.75 Å². The van der Waals surface area contributed by atoms with E-state index in [-0.39, 0.29) is 18.3 Å². The van der Waals surface area contributed by atoms with Crippen LogP contribution in [-0.4, -0.2) is 17.2 Å². The van der Waals surface area contributed by atoms with Crippen LogP contribution in [0.15, 0.2) is 18.2 Å². The maximum Gasteiger partial charge on any atom is 0.315 e. The Hall–Kier alpha value is -1.91. The van der Waals surface area contributed by atoms with Crippen molar-refractivity contribution in [3.63, 3.8) is 0 Å². The van der Waals surface area contributed by atoms with E-state index in [1.165, 1.54) is 12.5 Å². The number of rotatable bonds is 3. The number of anilines is 1. The summed E-state index contributed by atoms with van der Waals surface area (Å²) in [6.45, 7) is 0.273. The monoisotopic (exact) mass is 235 g/mol. The van der Waals surface area contributed by atoms with Crippen molar-refractivity contribution >= 4 is 11.7 Å². The lowest BCUT2D eigenvalue weighted by Gasteiger charge is -2.26. The van der Waals surface area contributed by atoms with Gasteiger partial charge in [-0.15, -0.1) is 0 Å². The Balaban J connectivity index is 1.83. The zero-order chi connectivity index (χ0) is 12.3. The fourth-order valence-electron chi connectivity index (χ4n) is 1.71. The third kappa shape index (κ3) is 3.03. The van der Waals surface area contributed by atoms with Crippen LogP contribution in [0.4, 0.5) is 10.5 Å². The molecule has 0 atom stereocenters. The quantitative estimate of drug-likeness (QED) is 0.471. The lowest BCUT2D eigenvalue weighted by Crippen LogP contribution is -2.44. The predicted octanol–water partition coefficient (Wildman–Crippen LogP) is 1.33. The van der Waals surface area contributed by atoms with Gasteiger partial charge in [-0.1, -0.05) is 0 Å². The molecule has 0 radical (unpaired) electrons. The van der Waals surface area contributed by atoms with Gasteiger partial charge in [0.1, 0.15) is 5.75 Å². The Morgan fingerprint density at radius 1 is 1.47 bits per heavy atom. The minimum absolute atomic E-state index is 0.142. The Kier molecular flexibility index (Phi) is 3.37. The highest BCUT2D eigenvalue weighted by Crippen LogP contribution is 2.20. The first-order chi connectivity index (χ1) is 8.15. The van der Waals surface area contributed by atoms with Gasteiger partial charge in [0.05, 0.1) is 0 Å². The summed E-state index contributed by atoms with van der Waals surface area (Å²) >= 11 is 0. The number of phenolic OH excluding ortho intramolecular Hbond substituents is 1. The number of carbonyl (C=O) groups excluding carboxylic acids is 1. The van der Waals surface area contributed by atoms with Crippen LogP contribution >= 0.6 is 0 Å². The summed E-state index contributed by atoms with van der Waals surface area (Å²) in [5.74, 6) is 0.142. The number of benzene rings is 1. The first-order valence-electron chi connectivity index (χ1n) is 5.77. The molecule has 0 aliphatic heterocycles. The Morgan fingerprint density at radius 2 is 2.24 bits per heavy atom. The van der Waals surface area contributed by atoms with Gasteiger partial charge in [0, 0.05) is 23.8 Å². The molecule has 0 bridgehead atoms. The molecule has 0 saturated heterocycles. The van der Waals surface area contributed by atoms with Crippen LogP contribution in [-0.2, 0) is 6.54 Å². The molecule has 92 valence electrons. The van der Waals surface area contributed by atoms with Gasteiger partial charge < -0.3 is 21.5 Å². The fourth-order valence-corrected chi connectivity index (χ4v) is 1.71. The van der Waals surface area contributed by atoms with Gasteiger partial charge in [-0.25, -0.2) is 4.79 Å². The van der Waals surface area contributed by atoms with Crippen LogP contribution in [0.2, 0.25) is 0 Å². The summed E-state index contributed by atoms with van der Waals surface area (Å²) in [6.07, 6.45) is 3.29. The van der Waals surface area contributed by atoms with Crippen LogP contribution < -0.4 is 16.4 Å². The Morgan fingerprint density at radius 3 is 2.88 bits per heavy atom. The third-order valence-electron chi connectivity index (χ3n) is 2.98. The van der Waals surface area contributed by atoms with Gasteiger partial charge in [-0.3, -0.25) is 0 Å². The fraction of sp³-hybridized carbons (Fsp3) is 0.417. The van der Waals surface area contributed by atoms with Crippen molar-refractivity contribution in [3.8, 4) is 5.75 Å². The standard InChI is InChI=1S/C12H17N3O2/c13-9-4-5-11(16)8(6-9)7-14-12(17)15-10-2-1-3-10/h4-6,10,16H,1-3,7,13H2,(H2,14,15,17). The number of hydrogen-bond donors (Lipinski definition) is 4. The number of urea groups is 1. The van der Waals surface area contributed by atoms with Crippen LogP contribution in [0.3, 0.4) is 0 Å². The SMILES string of the molecule is Nc1ccc(O)c(CNC(=O)NC2CCC2)c1. The van der Waals surface area contributed by atoms with Crippen molar-refractivity contribution in [2.75, 3.05) is 5.73 Å². The van der Waals surface area contributed by atoms with Gasteiger partial charge in [0.25, 0.3) is 0 Å². The highest BCUT2D eigenvalue weighted by molar-refractivity contribution is 5.74. The number of amides is 2. The van der Waals surface area contributed by atoms with Crippen molar-refractivity contribution in [2.45, 2.75) is 31.8 Å². The number of nitrogens with one attached hydrogen (secondary N) is 2. The van der Waals surface area contributed by atoms with Crippen molar-refractivity contribution < 1.29 is 9.90 Å². The molecule has 1 aromatic carbocycles. The molecule has 17 heavy (non-hydrogen) atoms. The van der Waals surface area contributed by atoms with E-state index in [0.29, 0.717) is 17.3 Å². The second-order valence-electron chi connectivity index (χ2n) is 4.34. The van der Waals surface area contributed by atoms with Gasteiger partial charge in [0.2, 0.25) is 0 Å². The van der Waals surface area contributed by atoms with E-state index in [1.54, 1.807) is 12.1 Å². The molecule has 5 nitrogen and oxygen atoms in total. The highest BCUT2D eigenvalue weighted by atomic mass is 16.3. The summed E-state index contributed by atoms with van der Waals surface area (Å²) in [5.41, 5.74) is 6.79. The lowest BCUT2D eigenvalue weighted by molar-refractivity contribution is 0.228. The molecule has 1 aliphatic rings. The van der Waals surface area contributed by atoms with Gasteiger partial charge in [-0.05, 0) is 37.5 Å². The number of hydrogen-bond acceptors (Lipinski definition) is 3. The minimum atomic E-state index is -0.198. The van der Waals surface area contributed by atoms with Crippen molar-refractivity contribution in [2.24, 2.45) is 0 Å². The molecule has 2 amide bonds. The molecule has 5 heteroatoms. The molecule has 0 unspecified atom stereocenters. The van der Waals surface area contributed by atoms with E-state index in [9.17, 15) is 9.90 Å². The minimum Gasteiger partial charge on any atom is -0.508 e. The second kappa shape index (κ2) is 4.95. The number of phenols is 1. The zero-order valence-electron chi connectivity index (χ0n) is 9.57. The first kappa shape index (κ1) is 11.6. The predicted molar refractivity (Wildman–Crippen MR) is 65.5 cm³/mol. The molecule has 1 aliphatic carbocycles. The van der Waals surface area contributed by atoms with Crippen molar-refractivity contribution in [1.29, 1.82) is 0 Å². The summed E-state index contributed by atoms with van der Waals surface area (Å²) in [5, 5.41) is 15.1. The largest absolute Gasteiger partial charge is 0.508 e. The van der Waals surface area contributed by atoms with E-state index in [0.717, 1.165) is 12.8 Å². The topological polar surface area (TPSA) is 87.4 Å². The Labute approximate surface area is 100 Å². The average Bonchev–Trinajstić information content (AvgIpc) is 2.25. The van der Waals surface area contributed by atoms with E-state index in [2.05, 4.69) is 10.6 Å². The highest BCUT2D eigenvalue weighted by Gasteiger charge is 2.19. The molecule has 0 spiro atoms. The summed E-state index contributed by atoms with van der Waals surface area (Å²) < 4.78 is 0. The van der Waals surface area contributed by atoms with Crippen LogP contribution in [0.25, 0.3) is 0 Å². The lowest BCUT2D eigenvalue weighted by atomic mass is 9.93. The van der Waals surface area contributed by atoms with Crippen molar-refractivity contribution in [1.82, 2.24) is 10.6 Å². The molecule has 0 heterocycles. The van der Waals surface area contributed by atoms with Crippen LogP contribution in [0.1, 0.15) is 24.8 Å². The molecule has 0 aromatic heterocycles. The van der Waals surface area contributed by atoms with Gasteiger partial charge in [0.15, 0.2) is 0 Å². The van der Waals surface area contributed by atoms with E-state index >= 15 is 0 Å².